The Balaban J connectivity index is 1.24. The number of piperidine rings is 1. The molecule has 0 bridgehead atoms. The number of aliphatic hydroxyl groups is 2. The number of carbonyl (C=O) groups excluding carboxylic acids is 2. The van der Waals surface area contributed by atoms with Gasteiger partial charge in [-0.15, -0.1) is 0 Å². The Hall–Kier alpha value is -2.00. The molecule has 3 aliphatic rings. The van der Waals surface area contributed by atoms with E-state index < -0.39 is 5.60 Å². The molecule has 0 aliphatic carbocycles. The molecule has 33 heavy (non-hydrogen) atoms. The van der Waals surface area contributed by atoms with Crippen LogP contribution in [0.3, 0.4) is 0 Å². The Morgan fingerprint density at radius 2 is 1.94 bits per heavy atom. The number of hydrogen-bond acceptors (Lipinski definition) is 6. The molecule has 1 aromatic rings. The summed E-state index contributed by atoms with van der Waals surface area (Å²) in [5.74, 6) is 0.313. The van der Waals surface area contributed by atoms with Crippen LogP contribution >= 0.6 is 0 Å². The van der Waals surface area contributed by atoms with E-state index in [-0.39, 0.29) is 43.1 Å². The van der Waals surface area contributed by atoms with Crippen LogP contribution in [0.2, 0.25) is 0 Å². The van der Waals surface area contributed by atoms with Gasteiger partial charge in [0.25, 0.3) is 0 Å². The number of benzene rings is 1. The predicted molar refractivity (Wildman–Crippen MR) is 125 cm³/mol. The molecular formula is C25H38N4O4. The highest BCUT2D eigenvalue weighted by molar-refractivity contribution is 5.78. The second kappa shape index (κ2) is 10.5. The van der Waals surface area contributed by atoms with Crippen molar-refractivity contribution in [2.75, 3.05) is 39.5 Å². The lowest BCUT2D eigenvalue weighted by Gasteiger charge is -2.44. The highest BCUT2D eigenvalue weighted by atomic mass is 16.3. The maximum Gasteiger partial charge on any atom is 0.226 e. The Labute approximate surface area is 196 Å². The molecule has 3 atom stereocenters. The van der Waals surface area contributed by atoms with Gasteiger partial charge in [0.05, 0.1) is 38.0 Å². The van der Waals surface area contributed by atoms with Gasteiger partial charge in [-0.3, -0.25) is 19.8 Å². The Morgan fingerprint density at radius 3 is 2.61 bits per heavy atom. The fourth-order valence-corrected chi connectivity index (χ4v) is 5.49. The largest absolute Gasteiger partial charge is 0.395 e. The molecule has 3 N–H and O–H groups in total. The number of nitrogens with one attached hydrogen (secondary N) is 1. The molecule has 0 saturated carbocycles. The minimum atomic E-state index is -0.965. The summed E-state index contributed by atoms with van der Waals surface area (Å²) >= 11 is 0. The maximum absolute atomic E-state index is 12.8. The first-order chi connectivity index (χ1) is 15.9. The van der Waals surface area contributed by atoms with Crippen LogP contribution in [0.5, 0.6) is 0 Å². The number of β-amino-alcohol motifs (C(OH)–C–C–N with tert-alkyl or cyclic N) is 1. The van der Waals surface area contributed by atoms with Gasteiger partial charge in [0.1, 0.15) is 0 Å². The summed E-state index contributed by atoms with van der Waals surface area (Å²) in [7, 11) is 0. The summed E-state index contributed by atoms with van der Waals surface area (Å²) in [6.07, 6.45) is 3.73. The molecule has 182 valence electrons. The van der Waals surface area contributed by atoms with Crippen molar-refractivity contribution in [3.8, 4) is 0 Å². The lowest BCUT2D eigenvalue weighted by molar-refractivity contribution is -0.146. The Bertz CT molecular complexity index is 812. The third kappa shape index (κ3) is 5.74. The molecule has 0 aromatic heterocycles. The number of carbonyl (C=O) groups is 2. The van der Waals surface area contributed by atoms with Crippen LogP contribution in [0.15, 0.2) is 30.3 Å². The molecule has 8 heteroatoms. The normalized spacial score (nSPS) is 27.1. The van der Waals surface area contributed by atoms with E-state index >= 15 is 0 Å². The topological polar surface area (TPSA) is 96.4 Å². The first-order valence-corrected chi connectivity index (χ1v) is 12.3. The summed E-state index contributed by atoms with van der Waals surface area (Å²) in [5, 5.41) is 24.2. The molecule has 3 aliphatic heterocycles. The lowest BCUT2D eigenvalue weighted by atomic mass is 9.89. The fraction of sp³-hybridized carbons (Fsp3) is 0.680. The smallest absolute Gasteiger partial charge is 0.226 e. The number of amides is 2. The quantitative estimate of drug-likeness (QED) is 0.566. The summed E-state index contributed by atoms with van der Waals surface area (Å²) in [6.45, 7) is 4.81. The van der Waals surface area contributed by atoms with Gasteiger partial charge in [0, 0.05) is 32.1 Å². The SMILES string of the molecule is C[C@H](CC(=O)N1CCC(O)(CN2CNC(N3CCC[C@@H]3CO)CC2=O)CC1)c1ccccc1. The first kappa shape index (κ1) is 24.1. The van der Waals surface area contributed by atoms with Crippen molar-refractivity contribution in [3.05, 3.63) is 35.9 Å². The predicted octanol–water partition coefficient (Wildman–Crippen LogP) is 1.10. The van der Waals surface area contributed by atoms with Crippen LogP contribution < -0.4 is 5.32 Å². The molecule has 1 unspecified atom stereocenters. The van der Waals surface area contributed by atoms with E-state index in [1.54, 1.807) is 4.90 Å². The first-order valence-electron chi connectivity index (χ1n) is 12.3. The third-order valence-electron chi connectivity index (χ3n) is 7.65. The Morgan fingerprint density at radius 1 is 1.21 bits per heavy atom. The van der Waals surface area contributed by atoms with Crippen LogP contribution in [0.4, 0.5) is 0 Å². The summed E-state index contributed by atoms with van der Waals surface area (Å²) < 4.78 is 0. The van der Waals surface area contributed by atoms with Gasteiger partial charge in [-0.25, -0.2) is 0 Å². The standard InChI is InChI=1S/C25H38N4O4/c1-19(20-6-3-2-4-7-20)14-23(31)27-12-9-25(33,10-13-27)17-28-18-26-22(15-24(28)32)29-11-5-8-21(29)16-30/h2-4,6-7,19,21-22,26,30,33H,5,8-18H2,1H3/t19-,21-,22?/m1/s1. The Kier molecular flexibility index (Phi) is 7.69. The molecule has 3 fully saturated rings. The molecule has 1 aromatic carbocycles. The minimum absolute atomic E-state index is 0.0333. The number of nitrogens with zero attached hydrogens (tertiary/aromatic N) is 3. The van der Waals surface area contributed by atoms with Gasteiger partial charge < -0.3 is 20.0 Å². The number of likely N-dealkylation sites (tertiary alicyclic amines) is 2. The van der Waals surface area contributed by atoms with Crippen molar-refractivity contribution in [2.24, 2.45) is 0 Å². The molecular weight excluding hydrogens is 420 g/mol. The fourth-order valence-electron chi connectivity index (χ4n) is 5.49. The van der Waals surface area contributed by atoms with Crippen molar-refractivity contribution in [1.29, 1.82) is 0 Å². The molecule has 3 saturated heterocycles. The molecule has 0 spiro atoms. The molecule has 8 nitrogen and oxygen atoms in total. The highest BCUT2D eigenvalue weighted by Gasteiger charge is 2.40. The van der Waals surface area contributed by atoms with E-state index in [2.05, 4.69) is 29.3 Å². The molecule has 2 amide bonds. The average Bonchev–Trinajstić information content (AvgIpc) is 3.30. The second-order valence-electron chi connectivity index (χ2n) is 10.0. The third-order valence-corrected chi connectivity index (χ3v) is 7.65. The zero-order chi connectivity index (χ0) is 23.4. The molecule has 4 rings (SSSR count). The van der Waals surface area contributed by atoms with E-state index in [1.165, 1.54) is 0 Å². The number of rotatable bonds is 7. The van der Waals surface area contributed by atoms with Crippen molar-refractivity contribution < 1.29 is 19.8 Å². The van der Waals surface area contributed by atoms with E-state index in [0.717, 1.165) is 24.9 Å². The summed E-state index contributed by atoms with van der Waals surface area (Å²) in [6, 6.07) is 10.2. The highest BCUT2D eigenvalue weighted by Crippen LogP contribution is 2.28. The van der Waals surface area contributed by atoms with Crippen molar-refractivity contribution in [1.82, 2.24) is 20.0 Å². The summed E-state index contributed by atoms with van der Waals surface area (Å²) in [4.78, 5) is 31.4. The van der Waals surface area contributed by atoms with Crippen LogP contribution in [0.1, 0.15) is 56.9 Å². The maximum atomic E-state index is 12.8. The number of aliphatic hydroxyl groups excluding tert-OH is 1. The van der Waals surface area contributed by atoms with Crippen molar-refractivity contribution >= 4 is 11.8 Å². The lowest BCUT2D eigenvalue weighted by Crippen LogP contribution is -2.62. The van der Waals surface area contributed by atoms with Gasteiger partial charge in [0.2, 0.25) is 11.8 Å². The number of hydrogen-bond donors (Lipinski definition) is 3. The second-order valence-corrected chi connectivity index (χ2v) is 10.0. The zero-order valence-corrected chi connectivity index (χ0v) is 19.7. The van der Waals surface area contributed by atoms with E-state index in [9.17, 15) is 19.8 Å². The zero-order valence-electron chi connectivity index (χ0n) is 19.7. The summed E-state index contributed by atoms with van der Waals surface area (Å²) in [5.41, 5.74) is 0.195. The van der Waals surface area contributed by atoms with Gasteiger partial charge in [-0.05, 0) is 37.2 Å². The van der Waals surface area contributed by atoms with Crippen LogP contribution in [-0.4, -0.2) is 94.0 Å². The average molecular weight is 459 g/mol. The van der Waals surface area contributed by atoms with Gasteiger partial charge in [-0.2, -0.15) is 0 Å². The van der Waals surface area contributed by atoms with E-state index in [0.29, 0.717) is 45.4 Å². The van der Waals surface area contributed by atoms with E-state index in [1.807, 2.05) is 23.1 Å². The van der Waals surface area contributed by atoms with Crippen LogP contribution in [0.25, 0.3) is 0 Å². The van der Waals surface area contributed by atoms with Gasteiger partial charge in [0.15, 0.2) is 0 Å². The molecule has 3 heterocycles. The van der Waals surface area contributed by atoms with Crippen molar-refractivity contribution in [2.45, 2.75) is 69.2 Å². The van der Waals surface area contributed by atoms with Gasteiger partial charge in [-0.1, -0.05) is 37.3 Å². The van der Waals surface area contributed by atoms with Crippen LogP contribution in [0, 0.1) is 0 Å². The molecule has 0 radical (unpaired) electrons. The van der Waals surface area contributed by atoms with Crippen LogP contribution in [-0.2, 0) is 9.59 Å². The van der Waals surface area contributed by atoms with Gasteiger partial charge >= 0.3 is 0 Å². The minimum Gasteiger partial charge on any atom is -0.395 e. The monoisotopic (exact) mass is 458 g/mol. The van der Waals surface area contributed by atoms with E-state index in [4.69, 9.17) is 0 Å². The van der Waals surface area contributed by atoms with Crippen molar-refractivity contribution in [3.63, 3.8) is 0 Å².